The third kappa shape index (κ3) is 4.67. The van der Waals surface area contributed by atoms with Gasteiger partial charge in [0.1, 0.15) is 6.54 Å². The second kappa shape index (κ2) is 8.84. The third-order valence-corrected chi connectivity index (χ3v) is 4.78. The Morgan fingerprint density at radius 2 is 1.68 bits per heavy atom. The number of aromatic amines is 1. The summed E-state index contributed by atoms with van der Waals surface area (Å²) < 4.78 is 4.77. The van der Waals surface area contributed by atoms with Gasteiger partial charge in [-0.25, -0.2) is 4.79 Å². The van der Waals surface area contributed by atoms with Crippen molar-refractivity contribution in [1.29, 1.82) is 0 Å². The molecular weight excluding hydrogens is 358 g/mol. The Kier molecular flexibility index (Phi) is 6.75. The fourth-order valence-electron chi connectivity index (χ4n) is 3.33. The largest absolute Gasteiger partial charge is 0.465 e. The first kappa shape index (κ1) is 21.4. The van der Waals surface area contributed by atoms with Crippen molar-refractivity contribution in [3.63, 3.8) is 0 Å². The summed E-state index contributed by atoms with van der Waals surface area (Å²) >= 11 is 0. The molecule has 0 saturated heterocycles. The molecule has 2 aromatic rings. The van der Waals surface area contributed by atoms with Crippen molar-refractivity contribution < 1.29 is 24.0 Å². The number of Topliss-reactive ketones (excluding diaryl/α,β-unsaturated/α-hetero) is 1. The normalized spacial score (nSPS) is 11.8. The first-order valence-electron chi connectivity index (χ1n) is 9.13. The molecule has 0 saturated carbocycles. The van der Waals surface area contributed by atoms with E-state index < -0.39 is 5.97 Å². The number of benzene rings is 1. The highest BCUT2D eigenvalue weighted by molar-refractivity contribution is 6.02. The lowest BCUT2D eigenvalue weighted by molar-refractivity contribution is -0.861. The fourth-order valence-corrected chi connectivity index (χ4v) is 3.33. The molecule has 0 fully saturated rings. The Morgan fingerprint density at radius 1 is 1.07 bits per heavy atom. The first-order valence-corrected chi connectivity index (χ1v) is 9.13. The van der Waals surface area contributed by atoms with Gasteiger partial charge < -0.3 is 19.9 Å². The Labute approximate surface area is 165 Å². The van der Waals surface area contributed by atoms with Gasteiger partial charge in [-0.1, -0.05) is 18.2 Å². The summed E-state index contributed by atoms with van der Waals surface area (Å²) in [6.07, 6.45) is 0. The van der Waals surface area contributed by atoms with Crippen molar-refractivity contribution in [3.05, 3.63) is 51.8 Å². The number of para-hydroxylation sites is 1. The number of amides is 1. The second-order valence-corrected chi connectivity index (χ2v) is 7.17. The Balaban J connectivity index is 2.03. The van der Waals surface area contributed by atoms with Gasteiger partial charge in [-0.2, -0.15) is 0 Å². The minimum absolute atomic E-state index is 0.127. The van der Waals surface area contributed by atoms with E-state index in [1.54, 1.807) is 20.9 Å². The lowest BCUT2D eigenvalue weighted by Gasteiger charge is -2.15. The molecule has 1 amide bonds. The van der Waals surface area contributed by atoms with Gasteiger partial charge in [-0.3, -0.25) is 9.59 Å². The van der Waals surface area contributed by atoms with E-state index in [4.69, 9.17) is 4.74 Å². The highest BCUT2D eigenvalue weighted by atomic mass is 16.5. The van der Waals surface area contributed by atoms with Crippen LogP contribution in [-0.4, -0.2) is 49.9 Å². The molecular formula is C21H28N3O4+. The number of esters is 1. The number of aromatic nitrogens is 1. The molecule has 1 aromatic carbocycles. The molecule has 0 bridgehead atoms. The smallest absolute Gasteiger partial charge is 0.339 e. The molecule has 1 heterocycles. The van der Waals surface area contributed by atoms with Crippen molar-refractivity contribution in [2.45, 2.75) is 27.7 Å². The van der Waals surface area contributed by atoms with E-state index in [1.165, 1.54) is 7.11 Å². The quantitative estimate of drug-likeness (QED) is 0.495. The Hall–Kier alpha value is -2.93. The molecule has 0 aliphatic heterocycles. The molecule has 0 radical (unpaired) electrons. The fraction of sp³-hybridized carbons (Fsp3) is 0.381. The van der Waals surface area contributed by atoms with Gasteiger partial charge in [-0.15, -0.1) is 0 Å². The number of carbonyl (C=O) groups is 3. The molecule has 1 atom stereocenters. The summed E-state index contributed by atoms with van der Waals surface area (Å²) in [6, 6.07) is 5.83. The summed E-state index contributed by atoms with van der Waals surface area (Å²) in [5.41, 5.74) is 4.74. The molecule has 3 N–H and O–H groups in total. The predicted octanol–water partition coefficient (Wildman–Crippen LogP) is 1.37. The number of anilines is 1. The van der Waals surface area contributed by atoms with Gasteiger partial charge in [-0.05, 0) is 44.4 Å². The van der Waals surface area contributed by atoms with E-state index in [-0.39, 0.29) is 24.8 Å². The van der Waals surface area contributed by atoms with Crippen LogP contribution in [0.25, 0.3) is 0 Å². The molecule has 7 nitrogen and oxygen atoms in total. The van der Waals surface area contributed by atoms with Crippen molar-refractivity contribution >= 4 is 23.3 Å². The zero-order valence-corrected chi connectivity index (χ0v) is 17.3. The number of quaternary nitrogens is 1. The SMILES string of the molecule is COC(=O)c1c(C)[nH]c(C(=O)C[NH+](C)CC(=O)Nc2c(C)cccc2C)c1C. The topological polar surface area (TPSA) is 92.7 Å². The van der Waals surface area contributed by atoms with Crippen LogP contribution in [0.2, 0.25) is 0 Å². The molecule has 0 aliphatic carbocycles. The van der Waals surface area contributed by atoms with E-state index in [2.05, 4.69) is 10.3 Å². The highest BCUT2D eigenvalue weighted by Gasteiger charge is 2.24. The minimum atomic E-state index is -0.473. The summed E-state index contributed by atoms with van der Waals surface area (Å²) in [5.74, 6) is -0.788. The number of likely N-dealkylation sites (N-methyl/N-ethyl adjacent to an activating group) is 1. The summed E-state index contributed by atoms with van der Waals surface area (Å²) in [6.45, 7) is 7.61. The van der Waals surface area contributed by atoms with Crippen molar-refractivity contribution in [3.8, 4) is 0 Å². The molecule has 28 heavy (non-hydrogen) atoms. The van der Waals surface area contributed by atoms with E-state index in [0.717, 1.165) is 21.7 Å². The average molecular weight is 386 g/mol. The number of aryl methyl sites for hydroxylation is 3. The number of H-pyrrole nitrogens is 1. The molecule has 0 spiro atoms. The van der Waals surface area contributed by atoms with Crippen LogP contribution in [0.4, 0.5) is 5.69 Å². The summed E-state index contributed by atoms with van der Waals surface area (Å²) in [4.78, 5) is 40.7. The van der Waals surface area contributed by atoms with Crippen LogP contribution in [0.5, 0.6) is 0 Å². The van der Waals surface area contributed by atoms with Crippen molar-refractivity contribution in [1.82, 2.24) is 4.98 Å². The Morgan fingerprint density at radius 3 is 2.25 bits per heavy atom. The molecule has 1 aromatic heterocycles. The standard InChI is InChI=1S/C21H27N3O4/c1-12-8-7-9-13(2)19(12)23-17(26)11-24(5)10-16(25)20-14(3)18(15(4)22-20)21(27)28-6/h7-9,22H,10-11H2,1-6H3,(H,23,26)/p+1. The van der Waals surface area contributed by atoms with E-state index in [9.17, 15) is 14.4 Å². The number of rotatable bonds is 7. The molecule has 2 rings (SSSR count). The number of methoxy groups -OCH3 is 1. The summed E-state index contributed by atoms with van der Waals surface area (Å²) in [5, 5.41) is 2.93. The number of ether oxygens (including phenoxy) is 1. The number of ketones is 1. The number of carbonyl (C=O) groups excluding carboxylic acids is 3. The maximum Gasteiger partial charge on any atom is 0.339 e. The van der Waals surface area contributed by atoms with Crippen LogP contribution in [-0.2, 0) is 9.53 Å². The van der Waals surface area contributed by atoms with Gasteiger partial charge in [0.05, 0.1) is 25.4 Å². The Bertz CT molecular complexity index is 894. The van der Waals surface area contributed by atoms with Crippen LogP contribution < -0.4 is 10.2 Å². The van der Waals surface area contributed by atoms with Crippen molar-refractivity contribution in [2.24, 2.45) is 0 Å². The molecule has 150 valence electrons. The number of hydrogen-bond donors (Lipinski definition) is 3. The zero-order chi connectivity index (χ0) is 21.0. The van der Waals surface area contributed by atoms with Crippen LogP contribution >= 0.6 is 0 Å². The second-order valence-electron chi connectivity index (χ2n) is 7.17. The van der Waals surface area contributed by atoms with Crippen LogP contribution in [0.3, 0.4) is 0 Å². The number of nitrogens with one attached hydrogen (secondary N) is 3. The zero-order valence-electron chi connectivity index (χ0n) is 17.3. The maximum atomic E-state index is 12.7. The third-order valence-electron chi connectivity index (χ3n) is 4.78. The summed E-state index contributed by atoms with van der Waals surface area (Å²) in [7, 11) is 3.09. The first-order chi connectivity index (χ1) is 13.1. The monoisotopic (exact) mass is 386 g/mol. The van der Waals surface area contributed by atoms with Crippen LogP contribution in [0.15, 0.2) is 18.2 Å². The van der Waals surface area contributed by atoms with Gasteiger partial charge >= 0.3 is 5.97 Å². The van der Waals surface area contributed by atoms with Crippen LogP contribution in [0.1, 0.15) is 43.2 Å². The highest BCUT2D eigenvalue weighted by Crippen LogP contribution is 2.20. The lowest BCUT2D eigenvalue weighted by atomic mass is 10.1. The molecule has 7 heteroatoms. The van der Waals surface area contributed by atoms with Gasteiger partial charge in [0.15, 0.2) is 6.54 Å². The van der Waals surface area contributed by atoms with E-state index in [1.807, 2.05) is 32.0 Å². The van der Waals surface area contributed by atoms with Crippen molar-refractivity contribution in [2.75, 3.05) is 32.6 Å². The number of hydrogen-bond acceptors (Lipinski definition) is 4. The van der Waals surface area contributed by atoms with E-state index in [0.29, 0.717) is 22.5 Å². The van der Waals surface area contributed by atoms with E-state index >= 15 is 0 Å². The van der Waals surface area contributed by atoms with Crippen LogP contribution in [0, 0.1) is 27.7 Å². The molecule has 0 aliphatic rings. The predicted molar refractivity (Wildman–Crippen MR) is 107 cm³/mol. The lowest BCUT2D eigenvalue weighted by Crippen LogP contribution is -3.11. The minimum Gasteiger partial charge on any atom is -0.465 e. The van der Waals surface area contributed by atoms with Gasteiger partial charge in [0.25, 0.3) is 5.91 Å². The maximum absolute atomic E-state index is 12.7. The van der Waals surface area contributed by atoms with Gasteiger partial charge in [0.2, 0.25) is 5.78 Å². The average Bonchev–Trinajstić information content (AvgIpc) is 2.92. The molecule has 1 unspecified atom stereocenters. The van der Waals surface area contributed by atoms with Gasteiger partial charge in [0, 0.05) is 11.4 Å².